The highest BCUT2D eigenvalue weighted by Crippen LogP contribution is 2.39. The number of carboxylic acid groups (broad SMARTS) is 1. The number of hydrogen-bond acceptors (Lipinski definition) is 10. The Morgan fingerprint density at radius 1 is 0.571 bits per heavy atom. The van der Waals surface area contributed by atoms with Crippen molar-refractivity contribution in [1.82, 2.24) is 25.5 Å². The Labute approximate surface area is 473 Å². The molecule has 1 saturated heterocycles. The van der Waals surface area contributed by atoms with E-state index in [0.29, 0.717) is 34.7 Å². The van der Waals surface area contributed by atoms with E-state index in [4.69, 9.17) is 37.8 Å². The molecule has 1 atom stereocenters. The fourth-order valence-electron chi connectivity index (χ4n) is 8.67. The largest absolute Gasteiger partial charge is 0.478 e. The van der Waals surface area contributed by atoms with Crippen LogP contribution in [-0.2, 0) is 20.3 Å². The van der Waals surface area contributed by atoms with E-state index in [2.05, 4.69) is 91.8 Å². The van der Waals surface area contributed by atoms with Gasteiger partial charge < -0.3 is 30.1 Å². The van der Waals surface area contributed by atoms with E-state index in [1.807, 2.05) is 83.6 Å². The first-order chi connectivity index (χ1) is 36.0. The number of alkyl carbamates (subject to hydrolysis) is 2. The molecule has 4 aromatic heterocycles. The number of amides is 3. The molecular formula is C61H75Cl2N5O7S2. The van der Waals surface area contributed by atoms with E-state index in [0.717, 1.165) is 80.2 Å². The first-order valence-corrected chi connectivity index (χ1v) is 28.8. The number of rotatable bonds is 8. The highest BCUT2D eigenvalue weighted by atomic mass is 35.5. The van der Waals surface area contributed by atoms with Crippen molar-refractivity contribution in [3.05, 3.63) is 129 Å². The molecule has 1 saturated carbocycles. The number of carbonyl (C=O) groups is 4. The second-order valence-corrected chi connectivity index (χ2v) is 26.3. The number of ether oxygens (including phenoxy) is 2. The van der Waals surface area contributed by atoms with Gasteiger partial charge in [0.25, 0.3) is 5.91 Å². The lowest BCUT2D eigenvalue weighted by Crippen LogP contribution is -2.50. The molecule has 1 unspecified atom stereocenters. The summed E-state index contributed by atoms with van der Waals surface area (Å²) < 4.78 is 10.6. The van der Waals surface area contributed by atoms with E-state index in [1.54, 1.807) is 45.8 Å². The van der Waals surface area contributed by atoms with E-state index in [-0.39, 0.29) is 34.4 Å². The highest BCUT2D eigenvalue weighted by Gasteiger charge is 2.28. The predicted molar refractivity (Wildman–Crippen MR) is 315 cm³/mol. The van der Waals surface area contributed by atoms with E-state index >= 15 is 0 Å². The van der Waals surface area contributed by atoms with Gasteiger partial charge >= 0.3 is 18.2 Å². The standard InChI is InChI=1S/C30H36ClN3O3S.C20H18ClNO2S.C11H21NO2/c1-29(2,3)26-16-19(11-12-32-26)25-15-21(18-38-25)23-10-9-20(14-24(23)31)27(35)34-13-7-8-22(17-34)33-28(36)37-30(4,5)6;1-20(2,3)18-10-12(6-7-22-18)17-9-14(11-25-17)15-5-4-13(19(23)24)8-16(15)21;1-11(2,3)14-10(13)12-9-7-5-4-6-8-9/h9-12,14-16,18,22H,7-8,13,17H2,1-6H3,(H,33,36);4-11H,1-3H3,(H,23,24);9H,4-8H2,1-3H3,(H,12,13). The number of thiophene rings is 2. The monoisotopic (exact) mass is 1120 g/mol. The number of carbonyl (C=O) groups excluding carboxylic acids is 3. The van der Waals surface area contributed by atoms with Crippen LogP contribution in [0.4, 0.5) is 9.59 Å². The summed E-state index contributed by atoms with van der Waals surface area (Å²) in [6.07, 6.45) is 10.5. The third kappa shape index (κ3) is 18.1. The molecule has 1 aliphatic carbocycles. The lowest BCUT2D eigenvalue weighted by Gasteiger charge is -2.33. The second kappa shape index (κ2) is 25.8. The van der Waals surface area contributed by atoms with Gasteiger partial charge in [-0.3, -0.25) is 14.8 Å². The predicted octanol–water partition coefficient (Wildman–Crippen LogP) is 16.5. The van der Waals surface area contributed by atoms with Gasteiger partial charge in [-0.15, -0.1) is 22.7 Å². The van der Waals surface area contributed by atoms with Crippen LogP contribution in [0.1, 0.15) is 160 Å². The van der Waals surface area contributed by atoms with Crippen molar-refractivity contribution in [3.8, 4) is 43.1 Å². The molecule has 2 fully saturated rings. The Balaban J connectivity index is 0.000000210. The fraction of sp³-hybridized carbons (Fsp3) is 0.443. The average molecular weight is 1130 g/mol. The number of hydrogen-bond donors (Lipinski definition) is 3. The van der Waals surface area contributed by atoms with Gasteiger partial charge in [0.2, 0.25) is 0 Å². The number of aromatic nitrogens is 2. The normalized spacial score (nSPS) is 15.2. The first-order valence-electron chi connectivity index (χ1n) is 26.3. The third-order valence-corrected chi connectivity index (χ3v) is 15.2. The second-order valence-electron chi connectivity index (χ2n) is 23.7. The summed E-state index contributed by atoms with van der Waals surface area (Å²) in [5, 5.41) is 20.0. The van der Waals surface area contributed by atoms with Gasteiger partial charge in [0.15, 0.2) is 0 Å². The van der Waals surface area contributed by atoms with Crippen LogP contribution in [0.3, 0.4) is 0 Å². The fourth-order valence-corrected chi connectivity index (χ4v) is 11.1. The number of nitrogens with one attached hydrogen (secondary N) is 2. The summed E-state index contributed by atoms with van der Waals surface area (Å²) in [6, 6.07) is 23.0. The SMILES string of the molecule is CC(C)(C)OC(=O)NC1CCCCC1.CC(C)(C)OC(=O)NC1CCCN(C(=O)c2ccc(-c3csc(-c4ccnc(C(C)(C)C)c4)c3)c(Cl)c2)C1.CC(C)(C)c1cc(-c2cc(-c3ccc(C(=O)O)cc3Cl)cs2)ccn1. The number of benzene rings is 2. The van der Waals surface area contributed by atoms with Crippen LogP contribution in [0.5, 0.6) is 0 Å². The lowest BCUT2D eigenvalue weighted by molar-refractivity contribution is 0.0450. The first kappa shape index (κ1) is 60.4. The molecule has 16 heteroatoms. The average Bonchev–Trinajstić information content (AvgIpc) is 4.05. The van der Waals surface area contributed by atoms with Crippen molar-refractivity contribution in [2.75, 3.05) is 13.1 Å². The number of halogens is 2. The number of aromatic carboxylic acids is 1. The number of likely N-dealkylation sites (tertiary alicyclic amines) is 1. The van der Waals surface area contributed by atoms with Crippen LogP contribution in [0, 0.1) is 0 Å². The molecule has 8 rings (SSSR count). The quantitative estimate of drug-likeness (QED) is 0.135. The number of piperidine rings is 1. The van der Waals surface area contributed by atoms with E-state index < -0.39 is 23.3 Å². The molecule has 3 amide bonds. The Morgan fingerprint density at radius 3 is 1.45 bits per heavy atom. The highest BCUT2D eigenvalue weighted by molar-refractivity contribution is 7.14. The zero-order valence-corrected chi connectivity index (χ0v) is 49.7. The Hall–Kier alpha value is -5.80. The van der Waals surface area contributed by atoms with Crippen molar-refractivity contribution >= 4 is 69.9 Å². The van der Waals surface area contributed by atoms with Crippen LogP contribution >= 0.6 is 45.9 Å². The van der Waals surface area contributed by atoms with Gasteiger partial charge in [-0.25, -0.2) is 14.4 Å². The maximum absolute atomic E-state index is 13.3. The zero-order chi connectivity index (χ0) is 56.5. The van der Waals surface area contributed by atoms with Crippen molar-refractivity contribution in [3.63, 3.8) is 0 Å². The molecule has 2 aliphatic rings. The van der Waals surface area contributed by atoms with Crippen LogP contribution in [-0.4, -0.2) is 80.4 Å². The summed E-state index contributed by atoms with van der Waals surface area (Å²) >= 11 is 16.3. The molecule has 3 N–H and O–H groups in total. The van der Waals surface area contributed by atoms with E-state index in [9.17, 15) is 19.2 Å². The molecule has 2 aromatic carbocycles. The Morgan fingerprint density at radius 2 is 1.01 bits per heavy atom. The van der Waals surface area contributed by atoms with Gasteiger partial charge in [0.05, 0.1) is 5.56 Å². The third-order valence-electron chi connectivity index (χ3n) is 12.6. The van der Waals surface area contributed by atoms with E-state index in [1.165, 1.54) is 25.3 Å². The molecule has 1 aliphatic heterocycles. The summed E-state index contributed by atoms with van der Waals surface area (Å²) in [5.74, 6) is -1.07. The van der Waals surface area contributed by atoms with Crippen LogP contribution in [0.25, 0.3) is 43.1 Å². The molecular weight excluding hydrogens is 1050 g/mol. The van der Waals surface area contributed by atoms with Gasteiger partial charge in [0, 0.05) is 96.3 Å². The van der Waals surface area contributed by atoms with Crippen LogP contribution in [0.2, 0.25) is 10.0 Å². The molecule has 77 heavy (non-hydrogen) atoms. The van der Waals surface area contributed by atoms with Gasteiger partial charge in [-0.2, -0.15) is 0 Å². The minimum atomic E-state index is -0.981. The van der Waals surface area contributed by atoms with Crippen molar-refractivity contribution in [2.24, 2.45) is 0 Å². The summed E-state index contributed by atoms with van der Waals surface area (Å²) in [6.45, 7) is 25.1. The lowest BCUT2D eigenvalue weighted by atomic mass is 9.90. The molecule has 0 spiro atoms. The smallest absolute Gasteiger partial charge is 0.407 e. The zero-order valence-electron chi connectivity index (χ0n) is 46.6. The summed E-state index contributed by atoms with van der Waals surface area (Å²) in [7, 11) is 0. The molecule has 0 bridgehead atoms. The van der Waals surface area contributed by atoms with Crippen LogP contribution in [0.15, 0.2) is 96.0 Å². The topological polar surface area (TPSA) is 160 Å². The van der Waals surface area contributed by atoms with Gasteiger partial charge in [0.1, 0.15) is 11.2 Å². The minimum absolute atomic E-state index is 0.00787. The molecule has 6 aromatic rings. The van der Waals surface area contributed by atoms with Gasteiger partial charge in [-0.1, -0.05) is 96.1 Å². The maximum Gasteiger partial charge on any atom is 0.407 e. The van der Waals surface area contributed by atoms with Crippen molar-refractivity contribution < 1.29 is 33.8 Å². The maximum atomic E-state index is 13.3. The van der Waals surface area contributed by atoms with Crippen molar-refractivity contribution in [1.29, 1.82) is 0 Å². The minimum Gasteiger partial charge on any atom is -0.478 e. The summed E-state index contributed by atoms with van der Waals surface area (Å²) in [4.78, 5) is 60.9. The Kier molecular flexibility index (Phi) is 20.2. The number of pyridine rings is 2. The Bertz CT molecular complexity index is 3010. The van der Waals surface area contributed by atoms with Crippen LogP contribution < -0.4 is 10.6 Å². The van der Waals surface area contributed by atoms with Gasteiger partial charge in [-0.05, 0) is 161 Å². The molecule has 412 valence electrons. The van der Waals surface area contributed by atoms with Crippen molar-refractivity contribution in [2.45, 2.75) is 162 Å². The number of nitrogens with zero attached hydrogens (tertiary/aromatic N) is 3. The molecule has 5 heterocycles. The molecule has 12 nitrogen and oxygen atoms in total. The summed E-state index contributed by atoms with van der Waals surface area (Å²) in [5.41, 5.74) is 7.80. The number of carboxylic acids is 1. The molecule has 0 radical (unpaired) electrons.